The van der Waals surface area contributed by atoms with E-state index in [9.17, 15) is 4.79 Å². The summed E-state index contributed by atoms with van der Waals surface area (Å²) in [7, 11) is 0. The van der Waals surface area contributed by atoms with Crippen molar-refractivity contribution >= 4 is 15.9 Å². The third-order valence-corrected chi connectivity index (χ3v) is 6.68. The molecule has 1 saturated carbocycles. The Hall–Kier alpha value is -2.51. The van der Waals surface area contributed by atoms with Gasteiger partial charge >= 0.3 is 0 Å². The summed E-state index contributed by atoms with van der Waals surface area (Å²) in [5.41, 5.74) is 4.81. The molecule has 5 rings (SSSR count). The molecular formula is C25H27BrN4O2. The largest absolute Gasteiger partial charge is 0.485 e. The quantitative estimate of drug-likeness (QED) is 0.473. The first-order valence-corrected chi connectivity index (χ1v) is 12.0. The third-order valence-electron chi connectivity index (χ3n) is 6.21. The molecule has 0 unspecified atom stereocenters. The molecule has 0 amide bonds. The topological polar surface area (TPSA) is 60.2 Å². The molecule has 1 aromatic carbocycles. The molecule has 0 spiro atoms. The molecule has 0 bridgehead atoms. The lowest BCUT2D eigenvalue weighted by atomic mass is 9.96. The maximum Gasteiger partial charge on any atom is 0.270 e. The Morgan fingerprint density at radius 1 is 1.09 bits per heavy atom. The molecule has 6 nitrogen and oxygen atoms in total. The van der Waals surface area contributed by atoms with E-state index in [0.29, 0.717) is 18.9 Å². The van der Waals surface area contributed by atoms with Crippen LogP contribution in [-0.2, 0) is 32.5 Å². The van der Waals surface area contributed by atoms with Crippen molar-refractivity contribution in [2.75, 3.05) is 13.1 Å². The van der Waals surface area contributed by atoms with Crippen molar-refractivity contribution in [2.45, 2.75) is 45.4 Å². The molecule has 2 aliphatic rings. The number of pyridine rings is 1. The molecule has 0 radical (unpaired) electrons. The predicted octanol–water partition coefficient (Wildman–Crippen LogP) is 3.99. The molecule has 0 saturated heterocycles. The summed E-state index contributed by atoms with van der Waals surface area (Å²) < 4.78 is 8.10. The van der Waals surface area contributed by atoms with Gasteiger partial charge in [0.15, 0.2) is 0 Å². The Bertz CT molecular complexity index is 1140. The number of fused-ring (bicyclic) bond motifs is 1. The Labute approximate surface area is 196 Å². The zero-order valence-electron chi connectivity index (χ0n) is 18.0. The summed E-state index contributed by atoms with van der Waals surface area (Å²) in [4.78, 5) is 19.4. The van der Waals surface area contributed by atoms with Gasteiger partial charge in [-0.25, -0.2) is 4.68 Å². The number of hydrogen-bond acceptors (Lipinski definition) is 5. The van der Waals surface area contributed by atoms with Crippen LogP contribution in [0.15, 0.2) is 58.1 Å². The summed E-state index contributed by atoms with van der Waals surface area (Å²) in [6.45, 7) is 4.32. The molecule has 1 aliphatic heterocycles. The van der Waals surface area contributed by atoms with E-state index in [1.165, 1.54) is 53.4 Å². The van der Waals surface area contributed by atoms with E-state index in [2.05, 4.69) is 49.1 Å². The fraction of sp³-hybridized carbons (Fsp3) is 0.400. The zero-order valence-corrected chi connectivity index (χ0v) is 19.6. The molecule has 7 heteroatoms. The molecular weight excluding hydrogens is 468 g/mol. The molecule has 1 aliphatic carbocycles. The number of hydrogen-bond donors (Lipinski definition) is 0. The van der Waals surface area contributed by atoms with E-state index in [-0.39, 0.29) is 5.56 Å². The number of aromatic nitrogens is 3. The highest BCUT2D eigenvalue weighted by Crippen LogP contribution is 2.31. The lowest BCUT2D eigenvalue weighted by Gasteiger charge is -2.29. The van der Waals surface area contributed by atoms with Gasteiger partial charge in [0.25, 0.3) is 5.56 Å². The van der Waals surface area contributed by atoms with Crippen LogP contribution in [0, 0.1) is 5.92 Å². The maximum atomic E-state index is 12.5. The van der Waals surface area contributed by atoms with Gasteiger partial charge in [-0.1, -0.05) is 18.2 Å². The highest BCUT2D eigenvalue weighted by atomic mass is 79.9. The monoisotopic (exact) mass is 494 g/mol. The van der Waals surface area contributed by atoms with Gasteiger partial charge in [-0.2, -0.15) is 5.10 Å². The van der Waals surface area contributed by atoms with E-state index < -0.39 is 0 Å². The minimum atomic E-state index is -0.153. The Balaban J connectivity index is 1.17. The maximum absolute atomic E-state index is 12.5. The summed E-state index contributed by atoms with van der Waals surface area (Å²) >= 11 is 3.36. The average Bonchev–Trinajstić information content (AvgIpc) is 3.62. The van der Waals surface area contributed by atoms with Crippen molar-refractivity contribution in [3.63, 3.8) is 0 Å². The van der Waals surface area contributed by atoms with E-state index in [4.69, 9.17) is 4.74 Å². The fourth-order valence-electron chi connectivity index (χ4n) is 4.19. The van der Waals surface area contributed by atoms with Gasteiger partial charge in [-0.15, -0.1) is 0 Å². The van der Waals surface area contributed by atoms with Crippen LogP contribution in [0.1, 0.15) is 35.2 Å². The molecule has 3 heterocycles. The minimum absolute atomic E-state index is 0.153. The van der Waals surface area contributed by atoms with Gasteiger partial charge in [0, 0.05) is 42.9 Å². The molecule has 2 aromatic heterocycles. The Morgan fingerprint density at radius 2 is 2.00 bits per heavy atom. The first kappa shape index (κ1) is 21.3. The lowest BCUT2D eigenvalue weighted by Crippen LogP contribution is -2.32. The van der Waals surface area contributed by atoms with Crippen LogP contribution in [-0.4, -0.2) is 32.8 Å². The molecule has 0 atom stereocenters. The number of rotatable bonds is 8. The van der Waals surface area contributed by atoms with Gasteiger partial charge < -0.3 is 4.74 Å². The smallest absolute Gasteiger partial charge is 0.270 e. The van der Waals surface area contributed by atoms with Crippen LogP contribution in [0.4, 0.5) is 0 Å². The highest BCUT2D eigenvalue weighted by molar-refractivity contribution is 9.10. The van der Waals surface area contributed by atoms with Gasteiger partial charge in [-0.05, 0) is 76.4 Å². The predicted molar refractivity (Wildman–Crippen MR) is 127 cm³/mol. The molecule has 0 N–H and O–H groups in total. The van der Waals surface area contributed by atoms with Crippen LogP contribution >= 0.6 is 15.9 Å². The van der Waals surface area contributed by atoms with Crippen molar-refractivity contribution in [1.82, 2.24) is 19.7 Å². The number of nitrogens with zero attached hydrogens (tertiary/aromatic N) is 4. The number of halogens is 1. The van der Waals surface area contributed by atoms with Crippen LogP contribution in [0.5, 0.6) is 5.75 Å². The average molecular weight is 495 g/mol. The highest BCUT2D eigenvalue weighted by Gasteiger charge is 2.26. The van der Waals surface area contributed by atoms with Gasteiger partial charge in [0.2, 0.25) is 0 Å². The van der Waals surface area contributed by atoms with Crippen LogP contribution in [0.3, 0.4) is 0 Å². The van der Waals surface area contributed by atoms with E-state index in [0.717, 1.165) is 35.5 Å². The number of benzene rings is 1. The van der Waals surface area contributed by atoms with E-state index in [1.807, 2.05) is 12.1 Å². The number of aryl methyl sites for hydroxylation is 2. The molecule has 32 heavy (non-hydrogen) atoms. The summed E-state index contributed by atoms with van der Waals surface area (Å²) in [5, 5.41) is 4.30. The second kappa shape index (κ2) is 9.55. The number of ether oxygens (including phenoxy) is 1. The summed E-state index contributed by atoms with van der Waals surface area (Å²) in [6.07, 6.45) is 8.04. The first-order valence-electron chi connectivity index (χ1n) is 11.3. The van der Waals surface area contributed by atoms with Crippen molar-refractivity contribution in [3.05, 3.63) is 86.0 Å². The van der Waals surface area contributed by atoms with Crippen molar-refractivity contribution < 1.29 is 4.74 Å². The third kappa shape index (κ3) is 5.45. The van der Waals surface area contributed by atoms with Crippen molar-refractivity contribution in [2.24, 2.45) is 5.92 Å². The van der Waals surface area contributed by atoms with Gasteiger partial charge in [-0.3, -0.25) is 14.7 Å². The SMILES string of the molecule is O=c1cc(OCc2ccc(Br)cn2)cnn1CCc1ccc2c(c1)CN(CC1CC1)CC2. The lowest BCUT2D eigenvalue weighted by molar-refractivity contribution is 0.244. The second-order valence-corrected chi connectivity index (χ2v) is 9.71. The molecule has 1 fully saturated rings. The van der Waals surface area contributed by atoms with E-state index >= 15 is 0 Å². The minimum Gasteiger partial charge on any atom is -0.485 e. The van der Waals surface area contributed by atoms with Crippen LogP contribution in [0.2, 0.25) is 0 Å². The van der Waals surface area contributed by atoms with Gasteiger partial charge in [0.1, 0.15) is 12.4 Å². The fourth-order valence-corrected chi connectivity index (χ4v) is 4.43. The van der Waals surface area contributed by atoms with Crippen molar-refractivity contribution in [1.29, 1.82) is 0 Å². The van der Waals surface area contributed by atoms with Crippen LogP contribution in [0.25, 0.3) is 0 Å². The molecule has 166 valence electrons. The standard InChI is InChI=1S/C25H27BrN4O2/c26-22-5-6-23(27-13-22)17-32-24-12-25(31)30(28-14-24)10-7-18-3-4-20-8-9-29(15-19-1-2-19)16-21(20)11-18/h3-6,11-14,19H,1-2,7-10,15-17H2. The Kier molecular flexibility index (Phi) is 6.37. The summed E-state index contributed by atoms with van der Waals surface area (Å²) in [5.74, 6) is 1.39. The van der Waals surface area contributed by atoms with E-state index in [1.54, 1.807) is 12.4 Å². The molecule has 3 aromatic rings. The van der Waals surface area contributed by atoms with Gasteiger partial charge in [0.05, 0.1) is 11.9 Å². The normalized spacial score (nSPS) is 16.0. The summed E-state index contributed by atoms with van der Waals surface area (Å²) in [6, 6.07) is 12.1. The zero-order chi connectivity index (χ0) is 21.9. The Morgan fingerprint density at radius 3 is 2.78 bits per heavy atom. The second-order valence-electron chi connectivity index (χ2n) is 8.79. The van der Waals surface area contributed by atoms with Crippen molar-refractivity contribution in [3.8, 4) is 5.75 Å². The van der Waals surface area contributed by atoms with Crippen LogP contribution < -0.4 is 10.3 Å². The first-order chi connectivity index (χ1) is 15.6.